The maximum Gasteiger partial charge on any atom is 0.164 e. The van der Waals surface area contributed by atoms with E-state index in [-0.39, 0.29) is 0 Å². The van der Waals surface area contributed by atoms with Crippen LogP contribution in [-0.2, 0) is 0 Å². The average Bonchev–Trinajstić information content (AvgIpc) is 3.54. The van der Waals surface area contributed by atoms with Gasteiger partial charge in [-0.2, -0.15) is 0 Å². The Morgan fingerprint density at radius 2 is 0.804 bits per heavy atom. The van der Waals surface area contributed by atoms with Crippen molar-refractivity contribution in [3.63, 3.8) is 0 Å². The van der Waals surface area contributed by atoms with E-state index in [0.29, 0.717) is 17.5 Å². The third-order valence-electron chi connectivity index (χ3n) is 10.8. The molecule has 1 aliphatic rings. The first-order valence-corrected chi connectivity index (χ1v) is 18.9. The van der Waals surface area contributed by atoms with Crippen LogP contribution in [0.5, 0.6) is 0 Å². The van der Waals surface area contributed by atoms with Gasteiger partial charge in [-0.15, -0.1) is 0 Å². The van der Waals surface area contributed by atoms with E-state index in [4.69, 9.17) is 15.0 Å². The Balaban J connectivity index is 1.13. The number of benzene rings is 8. The van der Waals surface area contributed by atoms with Gasteiger partial charge in [0.15, 0.2) is 17.5 Å². The van der Waals surface area contributed by atoms with Crippen LogP contribution in [0.15, 0.2) is 200 Å². The van der Waals surface area contributed by atoms with Crippen LogP contribution in [0.25, 0.3) is 83.9 Å². The Labute approximate surface area is 324 Å². The highest BCUT2D eigenvalue weighted by molar-refractivity contribution is 6.14. The zero-order valence-electron chi connectivity index (χ0n) is 30.3. The molecule has 0 spiro atoms. The van der Waals surface area contributed by atoms with Gasteiger partial charge in [0.2, 0.25) is 0 Å². The van der Waals surface area contributed by atoms with Crippen molar-refractivity contribution >= 4 is 38.9 Å². The number of rotatable bonds is 5. The van der Waals surface area contributed by atoms with Crippen molar-refractivity contribution in [3.05, 3.63) is 200 Å². The predicted molar refractivity (Wildman–Crippen MR) is 230 cm³/mol. The molecule has 0 saturated carbocycles. The fraction of sp³-hybridized carbons (Fsp3) is 0. The lowest BCUT2D eigenvalue weighted by Gasteiger charge is -2.28. The fourth-order valence-electron chi connectivity index (χ4n) is 8.21. The topological polar surface area (TPSA) is 46.8 Å². The average molecular weight is 716 g/mol. The molecule has 1 aliphatic heterocycles. The SMILES string of the molecule is c1ccc(-c2nc(-c3ccccc3)nc(-c3ccc(N4c5ccccc5-c5ccccc5-c5cc6c7ccccc7n(-c7ccccc7)c6cc54)cc3)n2)cc1. The minimum absolute atomic E-state index is 0.627. The van der Waals surface area contributed by atoms with Gasteiger partial charge >= 0.3 is 0 Å². The lowest BCUT2D eigenvalue weighted by Crippen LogP contribution is -2.11. The first-order valence-electron chi connectivity index (χ1n) is 18.9. The Morgan fingerprint density at radius 3 is 1.45 bits per heavy atom. The van der Waals surface area contributed by atoms with Crippen LogP contribution in [-0.4, -0.2) is 19.5 Å². The van der Waals surface area contributed by atoms with E-state index >= 15 is 0 Å². The van der Waals surface area contributed by atoms with Crippen LogP contribution in [0.2, 0.25) is 0 Å². The molecular weight excluding hydrogens is 683 g/mol. The van der Waals surface area contributed by atoms with Gasteiger partial charge < -0.3 is 9.47 Å². The molecule has 8 aromatic carbocycles. The standard InChI is InChI=1S/C51H33N5/c1-4-16-34(17-5-1)49-52-50(35-18-6-2-7-19-35)54-51(53-49)36-28-30-38(31-29-36)56-45-26-14-12-24-41(45)39-22-10-11-23-40(39)43-32-44-42-25-13-15-27-46(42)55(48(44)33-47(43)56)37-20-8-3-9-21-37/h1-33H. The van der Waals surface area contributed by atoms with Gasteiger partial charge in [0.05, 0.1) is 22.4 Å². The minimum atomic E-state index is 0.627. The summed E-state index contributed by atoms with van der Waals surface area (Å²) in [6.07, 6.45) is 0. The molecule has 0 amide bonds. The second-order valence-electron chi connectivity index (χ2n) is 14.1. The molecule has 5 nitrogen and oxygen atoms in total. The number of hydrogen-bond acceptors (Lipinski definition) is 4. The highest BCUT2D eigenvalue weighted by atomic mass is 15.2. The van der Waals surface area contributed by atoms with Crippen LogP contribution in [0.3, 0.4) is 0 Å². The second kappa shape index (κ2) is 13.0. The summed E-state index contributed by atoms with van der Waals surface area (Å²) >= 11 is 0. The third kappa shape index (κ3) is 5.21. The lowest BCUT2D eigenvalue weighted by atomic mass is 9.94. The van der Waals surface area contributed by atoms with Crippen molar-refractivity contribution in [2.75, 3.05) is 4.90 Å². The van der Waals surface area contributed by atoms with Crippen molar-refractivity contribution < 1.29 is 0 Å². The molecule has 2 aromatic heterocycles. The zero-order chi connectivity index (χ0) is 37.0. The van der Waals surface area contributed by atoms with Crippen molar-refractivity contribution in [2.45, 2.75) is 0 Å². The summed E-state index contributed by atoms with van der Waals surface area (Å²) in [7, 11) is 0. The van der Waals surface area contributed by atoms with Gasteiger partial charge in [0.1, 0.15) is 0 Å². The fourth-order valence-corrected chi connectivity index (χ4v) is 8.21. The van der Waals surface area contributed by atoms with E-state index in [0.717, 1.165) is 45.0 Å². The zero-order valence-corrected chi connectivity index (χ0v) is 30.3. The van der Waals surface area contributed by atoms with Crippen molar-refractivity contribution in [3.8, 4) is 62.1 Å². The molecule has 0 radical (unpaired) electrons. The van der Waals surface area contributed by atoms with Gasteiger partial charge in [-0.05, 0) is 71.8 Å². The van der Waals surface area contributed by atoms with E-state index in [1.807, 2.05) is 60.7 Å². The summed E-state index contributed by atoms with van der Waals surface area (Å²) in [5.74, 6) is 1.91. The van der Waals surface area contributed by atoms with Crippen LogP contribution < -0.4 is 4.90 Å². The summed E-state index contributed by atoms with van der Waals surface area (Å²) in [6, 6.07) is 70.6. The van der Waals surface area contributed by atoms with Crippen molar-refractivity contribution in [2.24, 2.45) is 0 Å². The quantitative estimate of drug-likeness (QED) is 0.178. The summed E-state index contributed by atoms with van der Waals surface area (Å²) in [6.45, 7) is 0. The molecule has 0 saturated heterocycles. The first kappa shape index (κ1) is 31.9. The maximum atomic E-state index is 5.01. The van der Waals surface area contributed by atoms with Crippen LogP contribution >= 0.6 is 0 Å². The largest absolute Gasteiger partial charge is 0.309 e. The molecular formula is C51H33N5. The van der Waals surface area contributed by atoms with Crippen LogP contribution in [0.4, 0.5) is 17.1 Å². The monoisotopic (exact) mass is 715 g/mol. The Hall–Kier alpha value is -7.63. The van der Waals surface area contributed by atoms with E-state index in [2.05, 4.69) is 149 Å². The summed E-state index contributed by atoms with van der Waals surface area (Å²) in [4.78, 5) is 17.3. The minimum Gasteiger partial charge on any atom is -0.309 e. The highest BCUT2D eigenvalue weighted by Crippen LogP contribution is 2.52. The van der Waals surface area contributed by atoms with E-state index < -0.39 is 0 Å². The van der Waals surface area contributed by atoms with E-state index in [9.17, 15) is 0 Å². The Kier molecular flexibility index (Phi) is 7.42. The Morgan fingerprint density at radius 1 is 0.304 bits per heavy atom. The van der Waals surface area contributed by atoms with Gasteiger partial charge in [-0.25, -0.2) is 15.0 Å². The number of nitrogens with zero attached hydrogens (tertiary/aromatic N) is 5. The second-order valence-corrected chi connectivity index (χ2v) is 14.1. The first-order chi connectivity index (χ1) is 27.8. The molecule has 0 unspecified atom stereocenters. The molecule has 0 aliphatic carbocycles. The number of aromatic nitrogens is 4. The molecule has 0 bridgehead atoms. The maximum absolute atomic E-state index is 5.01. The molecule has 3 heterocycles. The molecule has 10 aromatic rings. The van der Waals surface area contributed by atoms with Gasteiger partial charge in [-0.1, -0.05) is 140 Å². The predicted octanol–water partition coefficient (Wildman–Crippen LogP) is 13.1. The molecule has 262 valence electrons. The van der Waals surface area contributed by atoms with Gasteiger partial charge in [0.25, 0.3) is 0 Å². The molecule has 11 rings (SSSR count). The Bertz CT molecular complexity index is 3010. The molecule has 5 heteroatoms. The number of hydrogen-bond donors (Lipinski definition) is 0. The van der Waals surface area contributed by atoms with E-state index in [1.165, 1.54) is 38.5 Å². The van der Waals surface area contributed by atoms with Crippen molar-refractivity contribution in [1.82, 2.24) is 19.5 Å². The van der Waals surface area contributed by atoms with E-state index in [1.54, 1.807) is 0 Å². The summed E-state index contributed by atoms with van der Waals surface area (Å²) < 4.78 is 2.39. The normalized spacial score (nSPS) is 11.9. The highest BCUT2D eigenvalue weighted by Gasteiger charge is 2.28. The van der Waals surface area contributed by atoms with Crippen LogP contribution in [0.1, 0.15) is 0 Å². The molecule has 0 N–H and O–H groups in total. The number of para-hydroxylation sites is 3. The summed E-state index contributed by atoms with van der Waals surface area (Å²) in [5.41, 5.74) is 14.3. The van der Waals surface area contributed by atoms with Gasteiger partial charge in [-0.3, -0.25) is 0 Å². The summed E-state index contributed by atoms with van der Waals surface area (Å²) in [5, 5.41) is 2.45. The smallest absolute Gasteiger partial charge is 0.164 e. The molecule has 0 fully saturated rings. The molecule has 56 heavy (non-hydrogen) atoms. The molecule has 0 atom stereocenters. The van der Waals surface area contributed by atoms with Crippen molar-refractivity contribution in [1.29, 1.82) is 0 Å². The lowest BCUT2D eigenvalue weighted by molar-refractivity contribution is 1.07. The van der Waals surface area contributed by atoms with Crippen LogP contribution in [0, 0.1) is 0 Å². The third-order valence-corrected chi connectivity index (χ3v) is 10.8. The van der Waals surface area contributed by atoms with Gasteiger partial charge in [0, 0.05) is 50.0 Å². The number of anilines is 3. The number of fused-ring (bicyclic) bond motifs is 8.